The topological polar surface area (TPSA) is 53.0 Å². The Hall–Kier alpha value is -0.380. The first-order chi connectivity index (χ1) is 14.1. The van der Waals surface area contributed by atoms with Gasteiger partial charge in [-0.15, -0.1) is 0 Å². The van der Waals surface area contributed by atoms with E-state index < -0.39 is 0 Å². The van der Waals surface area contributed by atoms with Crippen molar-refractivity contribution >= 4 is 0 Å². The van der Waals surface area contributed by atoms with Gasteiger partial charge in [-0.3, -0.25) is 0 Å². The molecule has 0 aromatic rings. The van der Waals surface area contributed by atoms with E-state index in [2.05, 4.69) is 40.7 Å². The largest absolute Gasteiger partial charge is 0.393 e. The molecule has 4 fully saturated rings. The average Bonchev–Trinajstić information content (AvgIpc) is 3.16. The number of rotatable bonds is 4. The fourth-order valence-corrected chi connectivity index (χ4v) is 9.12. The van der Waals surface area contributed by atoms with Gasteiger partial charge in [-0.1, -0.05) is 32.4 Å². The number of aliphatic hydroxyl groups is 2. The Bertz CT molecular complexity index is 713. The van der Waals surface area contributed by atoms with Crippen molar-refractivity contribution in [3.05, 3.63) is 11.6 Å². The van der Waals surface area contributed by atoms with Gasteiger partial charge in [0.1, 0.15) is 6.10 Å². The van der Waals surface area contributed by atoms with Gasteiger partial charge < -0.3 is 14.9 Å². The number of allylic oxidation sites excluding steroid dienone is 1. The van der Waals surface area contributed by atoms with E-state index in [9.17, 15) is 10.2 Å². The predicted molar refractivity (Wildman–Crippen MR) is 120 cm³/mol. The van der Waals surface area contributed by atoms with E-state index in [-0.39, 0.29) is 23.9 Å². The van der Waals surface area contributed by atoms with Gasteiger partial charge in [-0.2, -0.15) is 0 Å². The molecule has 2 N–H and O–H groups in total. The maximum absolute atomic E-state index is 10.8. The summed E-state index contributed by atoms with van der Waals surface area (Å²) in [5.41, 5.74) is 2.20. The second-order valence-electron chi connectivity index (χ2n) is 12.8. The maximum Gasteiger partial charge on any atom is 0.113 e. The van der Waals surface area contributed by atoms with Crippen molar-refractivity contribution < 1.29 is 14.9 Å². The SMILES string of the molecule is C[C@H](CC(O)[C@H]1OC1(C)C)[C@H]1CC[C@H]2[C@@H]3CC=C4CC(O)CC[C@]4(C)[C@H]3CC[C@]12C. The van der Waals surface area contributed by atoms with Gasteiger partial charge in [-0.25, -0.2) is 0 Å². The Balaban J connectivity index is 1.32. The minimum atomic E-state index is -0.318. The summed E-state index contributed by atoms with van der Waals surface area (Å²) in [5.74, 6) is 3.74. The van der Waals surface area contributed by atoms with E-state index in [1.807, 2.05) is 0 Å². The summed E-state index contributed by atoms with van der Waals surface area (Å²) in [6.07, 6.45) is 12.7. The monoisotopic (exact) mass is 416 g/mol. The fraction of sp³-hybridized carbons (Fsp3) is 0.926. The summed E-state index contributed by atoms with van der Waals surface area (Å²) >= 11 is 0. The second-order valence-corrected chi connectivity index (χ2v) is 12.8. The molecular weight excluding hydrogens is 372 g/mol. The van der Waals surface area contributed by atoms with Crippen LogP contribution < -0.4 is 0 Å². The molecule has 1 aliphatic heterocycles. The summed E-state index contributed by atoms with van der Waals surface area (Å²) in [4.78, 5) is 0. The molecular formula is C27H44O3. The number of aliphatic hydroxyl groups excluding tert-OH is 2. The lowest BCUT2D eigenvalue weighted by Crippen LogP contribution is -2.51. The van der Waals surface area contributed by atoms with Gasteiger partial charge in [0, 0.05) is 0 Å². The molecule has 0 spiro atoms. The molecule has 1 heterocycles. The molecule has 0 radical (unpaired) electrons. The van der Waals surface area contributed by atoms with E-state index in [0.29, 0.717) is 16.7 Å². The maximum atomic E-state index is 10.8. The van der Waals surface area contributed by atoms with Crippen LogP contribution in [0, 0.1) is 40.4 Å². The summed E-state index contributed by atoms with van der Waals surface area (Å²) in [6, 6.07) is 0. The van der Waals surface area contributed by atoms with Crippen LogP contribution in [0.15, 0.2) is 11.6 Å². The fourth-order valence-electron chi connectivity index (χ4n) is 9.12. The Labute approximate surface area is 183 Å². The highest BCUT2D eigenvalue weighted by Crippen LogP contribution is 2.67. The highest BCUT2D eigenvalue weighted by molar-refractivity contribution is 5.25. The number of hydrogen-bond acceptors (Lipinski definition) is 3. The van der Waals surface area contributed by atoms with Gasteiger partial charge in [0.05, 0.1) is 17.8 Å². The molecule has 0 bridgehead atoms. The average molecular weight is 417 g/mol. The third-order valence-electron chi connectivity index (χ3n) is 10.9. The van der Waals surface area contributed by atoms with Crippen LogP contribution in [-0.4, -0.2) is 34.1 Å². The minimum absolute atomic E-state index is 0.0317. The molecule has 3 heteroatoms. The van der Waals surface area contributed by atoms with Crippen LogP contribution in [0.1, 0.15) is 92.4 Å². The van der Waals surface area contributed by atoms with Gasteiger partial charge >= 0.3 is 0 Å². The highest BCUT2D eigenvalue weighted by atomic mass is 16.6. The lowest BCUT2D eigenvalue weighted by atomic mass is 9.47. The van der Waals surface area contributed by atoms with Crippen LogP contribution in [0.2, 0.25) is 0 Å². The number of fused-ring (bicyclic) bond motifs is 5. The van der Waals surface area contributed by atoms with Crippen LogP contribution in [0.4, 0.5) is 0 Å². The van der Waals surface area contributed by atoms with Crippen molar-refractivity contribution in [2.45, 2.75) is 116 Å². The molecule has 3 nitrogen and oxygen atoms in total. The Morgan fingerprint density at radius 3 is 2.50 bits per heavy atom. The summed E-state index contributed by atoms with van der Waals surface area (Å²) in [5, 5.41) is 21.0. The van der Waals surface area contributed by atoms with Crippen molar-refractivity contribution in [1.29, 1.82) is 0 Å². The molecule has 1 saturated heterocycles. The molecule has 0 amide bonds. The molecule has 3 saturated carbocycles. The lowest BCUT2D eigenvalue weighted by Gasteiger charge is -2.58. The normalized spacial score (nSPS) is 51.2. The minimum Gasteiger partial charge on any atom is -0.393 e. The molecule has 5 aliphatic rings. The molecule has 0 aromatic carbocycles. The van der Waals surface area contributed by atoms with Crippen molar-refractivity contribution in [1.82, 2.24) is 0 Å². The Morgan fingerprint density at radius 1 is 1.07 bits per heavy atom. The molecule has 5 rings (SSSR count). The molecule has 4 aliphatic carbocycles. The predicted octanol–water partition coefficient (Wildman–Crippen LogP) is 5.49. The zero-order chi connectivity index (χ0) is 21.5. The van der Waals surface area contributed by atoms with E-state index >= 15 is 0 Å². The lowest BCUT2D eigenvalue weighted by molar-refractivity contribution is -0.0598. The highest BCUT2D eigenvalue weighted by Gasteiger charge is 2.60. The first-order valence-corrected chi connectivity index (χ1v) is 12.8. The third kappa shape index (κ3) is 3.17. The van der Waals surface area contributed by atoms with Crippen molar-refractivity contribution in [2.75, 3.05) is 0 Å². The summed E-state index contributed by atoms with van der Waals surface area (Å²) in [6.45, 7) is 11.7. The van der Waals surface area contributed by atoms with Gasteiger partial charge in [0.2, 0.25) is 0 Å². The van der Waals surface area contributed by atoms with Gasteiger partial charge in [-0.05, 0) is 112 Å². The molecule has 0 aromatic heterocycles. The Kier molecular flexibility index (Phi) is 5.05. The zero-order valence-corrected chi connectivity index (χ0v) is 19.9. The van der Waals surface area contributed by atoms with Crippen LogP contribution >= 0.6 is 0 Å². The van der Waals surface area contributed by atoms with Crippen molar-refractivity contribution in [3.8, 4) is 0 Å². The zero-order valence-electron chi connectivity index (χ0n) is 19.9. The number of epoxide rings is 1. The molecule has 2 unspecified atom stereocenters. The van der Waals surface area contributed by atoms with Crippen LogP contribution in [0.3, 0.4) is 0 Å². The van der Waals surface area contributed by atoms with E-state index in [1.165, 1.54) is 38.5 Å². The van der Waals surface area contributed by atoms with Crippen LogP contribution in [0.25, 0.3) is 0 Å². The third-order valence-corrected chi connectivity index (χ3v) is 10.9. The summed E-state index contributed by atoms with van der Waals surface area (Å²) < 4.78 is 5.73. The van der Waals surface area contributed by atoms with Gasteiger partial charge in [0.15, 0.2) is 0 Å². The van der Waals surface area contributed by atoms with Crippen molar-refractivity contribution in [2.24, 2.45) is 40.4 Å². The Morgan fingerprint density at radius 2 is 1.80 bits per heavy atom. The smallest absolute Gasteiger partial charge is 0.113 e. The van der Waals surface area contributed by atoms with E-state index in [4.69, 9.17) is 4.74 Å². The first-order valence-electron chi connectivity index (χ1n) is 12.8. The summed E-state index contributed by atoms with van der Waals surface area (Å²) in [7, 11) is 0. The quantitative estimate of drug-likeness (QED) is 0.470. The van der Waals surface area contributed by atoms with E-state index in [0.717, 1.165) is 42.9 Å². The molecule has 30 heavy (non-hydrogen) atoms. The van der Waals surface area contributed by atoms with E-state index in [1.54, 1.807) is 5.57 Å². The van der Waals surface area contributed by atoms with Gasteiger partial charge in [0.25, 0.3) is 0 Å². The standard InChI is InChI=1S/C27H44O3/c1-16(14-23(29)24-25(2,3)30-24)20-8-9-21-19-7-6-17-15-18(28)10-12-26(17,4)22(19)11-13-27(20,21)5/h6,16,18-24,28-29H,7-15H2,1-5H3/t16-,18?,19+,20-,21+,22+,23?,24-,26+,27-/m1/s1. The number of hydrogen-bond donors (Lipinski definition) is 2. The molecule has 170 valence electrons. The first kappa shape index (κ1) is 21.5. The van der Waals surface area contributed by atoms with Crippen LogP contribution in [0.5, 0.6) is 0 Å². The number of ether oxygens (including phenoxy) is 1. The molecule has 10 atom stereocenters. The van der Waals surface area contributed by atoms with Crippen molar-refractivity contribution in [3.63, 3.8) is 0 Å². The van der Waals surface area contributed by atoms with Crippen LogP contribution in [-0.2, 0) is 4.74 Å². The second kappa shape index (κ2) is 7.06.